The molecule has 0 unspecified atom stereocenters. The molecule has 0 fully saturated rings. The molecule has 0 saturated carbocycles. The maximum absolute atomic E-state index is 5.83. The molecule has 0 amide bonds. The zero-order chi connectivity index (χ0) is 14.4. The van der Waals surface area contributed by atoms with E-state index in [0.717, 1.165) is 17.0 Å². The van der Waals surface area contributed by atoms with Crippen molar-refractivity contribution in [3.8, 4) is 17.2 Å². The Morgan fingerprint density at radius 2 is 1.45 bits per heavy atom. The third kappa shape index (κ3) is 3.35. The Bertz CT molecular complexity index is 569. The van der Waals surface area contributed by atoms with E-state index in [0.29, 0.717) is 24.7 Å². The lowest BCUT2D eigenvalue weighted by Gasteiger charge is -2.12. The number of rotatable bonds is 6. The highest BCUT2D eigenvalue weighted by molar-refractivity contribution is 5.53. The Morgan fingerprint density at radius 3 is 2.15 bits per heavy atom. The first kappa shape index (κ1) is 14.1. The number of benzene rings is 2. The molecule has 2 aromatic carbocycles. The Labute approximate surface area is 119 Å². The highest BCUT2D eigenvalue weighted by Crippen LogP contribution is 2.26. The molecule has 2 aromatic rings. The molecule has 0 heterocycles. The van der Waals surface area contributed by atoms with Crippen molar-refractivity contribution in [2.45, 2.75) is 6.92 Å². The molecule has 106 valence electrons. The van der Waals surface area contributed by atoms with Crippen LogP contribution >= 0.6 is 0 Å². The molecule has 0 atom stereocenters. The van der Waals surface area contributed by atoms with Gasteiger partial charge in [0.15, 0.2) is 11.5 Å². The lowest BCUT2D eigenvalue weighted by atomic mass is 10.2. The summed E-state index contributed by atoms with van der Waals surface area (Å²) in [5.41, 5.74) is 7.50. The highest BCUT2D eigenvalue weighted by atomic mass is 16.5. The lowest BCUT2D eigenvalue weighted by Crippen LogP contribution is -2.10. The van der Waals surface area contributed by atoms with Gasteiger partial charge in [-0.2, -0.15) is 0 Å². The molecule has 4 heteroatoms. The van der Waals surface area contributed by atoms with Crippen molar-refractivity contribution in [1.29, 1.82) is 0 Å². The second-order valence-corrected chi connectivity index (χ2v) is 4.32. The van der Waals surface area contributed by atoms with E-state index in [4.69, 9.17) is 19.9 Å². The quantitative estimate of drug-likeness (QED) is 0.649. The number of para-hydroxylation sites is 2. The summed E-state index contributed by atoms with van der Waals surface area (Å²) < 4.78 is 16.5. The summed E-state index contributed by atoms with van der Waals surface area (Å²) in [4.78, 5) is 0. The van der Waals surface area contributed by atoms with E-state index in [-0.39, 0.29) is 0 Å². The first-order chi connectivity index (χ1) is 9.72. The van der Waals surface area contributed by atoms with E-state index < -0.39 is 0 Å². The number of ether oxygens (including phenoxy) is 3. The van der Waals surface area contributed by atoms with Gasteiger partial charge in [0.25, 0.3) is 0 Å². The maximum atomic E-state index is 5.83. The number of hydrogen-bond donors (Lipinski definition) is 1. The largest absolute Gasteiger partial charge is 0.493 e. The van der Waals surface area contributed by atoms with Gasteiger partial charge < -0.3 is 19.9 Å². The van der Waals surface area contributed by atoms with Gasteiger partial charge in [-0.3, -0.25) is 0 Å². The molecule has 0 aliphatic carbocycles. The summed E-state index contributed by atoms with van der Waals surface area (Å²) in [6.07, 6.45) is 0. The van der Waals surface area contributed by atoms with Gasteiger partial charge in [-0.25, -0.2) is 0 Å². The fourth-order valence-electron chi connectivity index (χ4n) is 1.83. The minimum atomic E-state index is 0.439. The van der Waals surface area contributed by atoms with E-state index in [1.807, 2.05) is 49.4 Å². The van der Waals surface area contributed by atoms with Crippen LogP contribution in [0.15, 0.2) is 42.5 Å². The van der Waals surface area contributed by atoms with Crippen molar-refractivity contribution >= 4 is 5.69 Å². The third-order valence-corrected chi connectivity index (χ3v) is 2.99. The molecule has 4 nitrogen and oxygen atoms in total. The van der Waals surface area contributed by atoms with Crippen molar-refractivity contribution in [2.75, 3.05) is 26.1 Å². The lowest BCUT2D eigenvalue weighted by molar-refractivity contribution is 0.210. The number of methoxy groups -OCH3 is 1. The first-order valence-corrected chi connectivity index (χ1v) is 6.46. The SMILES string of the molecule is COc1ccccc1OCCOc1cccc(N)c1C. The average molecular weight is 273 g/mol. The summed E-state index contributed by atoms with van der Waals surface area (Å²) >= 11 is 0. The molecule has 0 radical (unpaired) electrons. The van der Waals surface area contributed by atoms with Gasteiger partial charge in [0.2, 0.25) is 0 Å². The van der Waals surface area contributed by atoms with Crippen molar-refractivity contribution in [3.05, 3.63) is 48.0 Å². The number of nitrogen functional groups attached to an aromatic ring is 1. The summed E-state index contributed by atoms with van der Waals surface area (Å²) in [6, 6.07) is 13.2. The maximum Gasteiger partial charge on any atom is 0.161 e. The summed E-state index contributed by atoms with van der Waals surface area (Å²) in [5.74, 6) is 2.21. The molecular formula is C16H19NO3. The fraction of sp³-hybridized carbons (Fsp3) is 0.250. The van der Waals surface area contributed by atoms with Crippen LogP contribution in [-0.2, 0) is 0 Å². The molecule has 0 aromatic heterocycles. The molecule has 2 rings (SSSR count). The predicted molar refractivity (Wildman–Crippen MR) is 79.6 cm³/mol. The van der Waals surface area contributed by atoms with Crippen molar-refractivity contribution < 1.29 is 14.2 Å². The minimum absolute atomic E-state index is 0.439. The minimum Gasteiger partial charge on any atom is -0.493 e. The Balaban J connectivity index is 1.86. The topological polar surface area (TPSA) is 53.7 Å². The third-order valence-electron chi connectivity index (χ3n) is 2.99. The van der Waals surface area contributed by atoms with E-state index in [9.17, 15) is 0 Å². The van der Waals surface area contributed by atoms with Crippen LogP contribution in [0.3, 0.4) is 0 Å². The van der Waals surface area contributed by atoms with E-state index >= 15 is 0 Å². The van der Waals surface area contributed by atoms with Gasteiger partial charge in [-0.05, 0) is 31.2 Å². The molecule has 0 bridgehead atoms. The standard InChI is InChI=1S/C16H19NO3/c1-12-13(17)6-5-9-14(12)19-10-11-20-16-8-4-3-7-15(16)18-2/h3-9H,10-11,17H2,1-2H3. The summed E-state index contributed by atoms with van der Waals surface area (Å²) in [6.45, 7) is 2.82. The zero-order valence-corrected chi connectivity index (χ0v) is 11.8. The van der Waals surface area contributed by atoms with Gasteiger partial charge >= 0.3 is 0 Å². The van der Waals surface area contributed by atoms with E-state index in [1.54, 1.807) is 7.11 Å². The Morgan fingerprint density at radius 1 is 0.850 bits per heavy atom. The van der Waals surface area contributed by atoms with Crippen LogP contribution in [0.1, 0.15) is 5.56 Å². The molecular weight excluding hydrogens is 254 g/mol. The van der Waals surface area contributed by atoms with Crippen LogP contribution < -0.4 is 19.9 Å². The van der Waals surface area contributed by atoms with Crippen molar-refractivity contribution in [1.82, 2.24) is 0 Å². The van der Waals surface area contributed by atoms with Crippen molar-refractivity contribution in [2.24, 2.45) is 0 Å². The molecule has 0 spiro atoms. The molecule has 20 heavy (non-hydrogen) atoms. The molecule has 0 aliphatic rings. The fourth-order valence-corrected chi connectivity index (χ4v) is 1.83. The molecule has 0 saturated heterocycles. The number of anilines is 1. The normalized spacial score (nSPS) is 10.1. The monoisotopic (exact) mass is 273 g/mol. The van der Waals surface area contributed by atoms with E-state index in [1.165, 1.54) is 0 Å². The summed E-state index contributed by atoms with van der Waals surface area (Å²) in [7, 11) is 1.62. The molecule has 2 N–H and O–H groups in total. The number of nitrogens with two attached hydrogens (primary N) is 1. The van der Waals surface area contributed by atoms with E-state index in [2.05, 4.69) is 0 Å². The van der Waals surface area contributed by atoms with Crippen molar-refractivity contribution in [3.63, 3.8) is 0 Å². The van der Waals surface area contributed by atoms with Crippen LogP contribution in [0, 0.1) is 6.92 Å². The second kappa shape index (κ2) is 6.70. The highest BCUT2D eigenvalue weighted by Gasteiger charge is 2.04. The van der Waals surface area contributed by atoms with Crippen LogP contribution in [0.4, 0.5) is 5.69 Å². The van der Waals surface area contributed by atoms with Gasteiger partial charge in [0.05, 0.1) is 7.11 Å². The van der Waals surface area contributed by atoms with Gasteiger partial charge in [-0.1, -0.05) is 18.2 Å². The predicted octanol–water partition coefficient (Wildman–Crippen LogP) is 3.04. The van der Waals surface area contributed by atoms with Gasteiger partial charge in [0, 0.05) is 11.3 Å². The zero-order valence-electron chi connectivity index (χ0n) is 11.8. The van der Waals surface area contributed by atoms with Gasteiger partial charge in [0.1, 0.15) is 19.0 Å². The summed E-state index contributed by atoms with van der Waals surface area (Å²) in [5, 5.41) is 0. The number of hydrogen-bond acceptors (Lipinski definition) is 4. The molecule has 0 aliphatic heterocycles. The smallest absolute Gasteiger partial charge is 0.161 e. The second-order valence-electron chi connectivity index (χ2n) is 4.32. The van der Waals surface area contributed by atoms with Gasteiger partial charge in [-0.15, -0.1) is 0 Å². The van der Waals surface area contributed by atoms with Crippen LogP contribution in [0.5, 0.6) is 17.2 Å². The van der Waals surface area contributed by atoms with Crippen LogP contribution in [0.25, 0.3) is 0 Å². The Kier molecular flexibility index (Phi) is 4.71. The Hall–Kier alpha value is -2.36. The van der Waals surface area contributed by atoms with Crippen LogP contribution in [0.2, 0.25) is 0 Å². The average Bonchev–Trinajstić information content (AvgIpc) is 2.48. The van der Waals surface area contributed by atoms with Crippen LogP contribution in [-0.4, -0.2) is 20.3 Å². The first-order valence-electron chi connectivity index (χ1n) is 6.46.